The fraction of sp³-hybridized carbons (Fsp3) is 0.200. The van der Waals surface area contributed by atoms with Crippen LogP contribution >= 0.6 is 0 Å². The SMILES string of the molecule is COCOc1ccn2c(C(=O)O)cnc2c1. The Hall–Kier alpha value is -2.08. The maximum absolute atomic E-state index is 10.8. The molecule has 2 heterocycles. The van der Waals surface area contributed by atoms with Crippen molar-refractivity contribution in [2.75, 3.05) is 13.9 Å². The Balaban J connectivity index is 2.37. The monoisotopic (exact) mass is 222 g/mol. The van der Waals surface area contributed by atoms with Crippen molar-refractivity contribution in [1.29, 1.82) is 0 Å². The number of hydrogen-bond donors (Lipinski definition) is 1. The topological polar surface area (TPSA) is 73.1 Å². The summed E-state index contributed by atoms with van der Waals surface area (Å²) in [4.78, 5) is 14.8. The molecule has 84 valence electrons. The van der Waals surface area contributed by atoms with Crippen molar-refractivity contribution >= 4 is 11.6 Å². The molecular weight excluding hydrogens is 212 g/mol. The summed E-state index contributed by atoms with van der Waals surface area (Å²) in [7, 11) is 1.52. The highest BCUT2D eigenvalue weighted by atomic mass is 16.7. The van der Waals surface area contributed by atoms with Crippen molar-refractivity contribution in [2.45, 2.75) is 0 Å². The number of nitrogens with zero attached hydrogens (tertiary/aromatic N) is 2. The number of methoxy groups -OCH3 is 1. The first-order chi connectivity index (χ1) is 7.72. The molecule has 0 spiro atoms. The van der Waals surface area contributed by atoms with Crippen LogP contribution in [0.2, 0.25) is 0 Å². The summed E-state index contributed by atoms with van der Waals surface area (Å²) in [6, 6.07) is 3.30. The second-order valence-electron chi connectivity index (χ2n) is 3.09. The first kappa shape index (κ1) is 10.4. The van der Waals surface area contributed by atoms with Crippen LogP contribution in [0, 0.1) is 0 Å². The van der Waals surface area contributed by atoms with Crippen LogP contribution in [0.3, 0.4) is 0 Å². The van der Waals surface area contributed by atoms with Gasteiger partial charge in [0.25, 0.3) is 0 Å². The van der Waals surface area contributed by atoms with E-state index in [-0.39, 0.29) is 12.5 Å². The lowest BCUT2D eigenvalue weighted by atomic mass is 10.4. The number of aromatic carboxylic acids is 1. The normalized spacial score (nSPS) is 10.6. The molecule has 0 aliphatic heterocycles. The molecule has 0 atom stereocenters. The summed E-state index contributed by atoms with van der Waals surface area (Å²) in [6.07, 6.45) is 2.90. The summed E-state index contributed by atoms with van der Waals surface area (Å²) in [6.45, 7) is 0.142. The number of carbonyl (C=O) groups is 1. The number of pyridine rings is 1. The first-order valence-electron chi connectivity index (χ1n) is 4.54. The average Bonchev–Trinajstić information content (AvgIpc) is 2.69. The van der Waals surface area contributed by atoms with Crippen LogP contribution in [0.5, 0.6) is 5.75 Å². The van der Waals surface area contributed by atoms with Gasteiger partial charge in [-0.15, -0.1) is 0 Å². The quantitative estimate of drug-likeness (QED) is 0.781. The van der Waals surface area contributed by atoms with Crippen molar-refractivity contribution in [3.05, 3.63) is 30.2 Å². The molecule has 0 fully saturated rings. The van der Waals surface area contributed by atoms with Gasteiger partial charge in [0.15, 0.2) is 12.5 Å². The molecule has 0 aromatic carbocycles. The van der Waals surface area contributed by atoms with Gasteiger partial charge in [0.1, 0.15) is 11.4 Å². The van der Waals surface area contributed by atoms with Gasteiger partial charge < -0.3 is 14.6 Å². The van der Waals surface area contributed by atoms with E-state index in [9.17, 15) is 4.79 Å². The van der Waals surface area contributed by atoms with E-state index in [1.165, 1.54) is 17.7 Å². The van der Waals surface area contributed by atoms with E-state index in [0.717, 1.165) is 0 Å². The molecule has 16 heavy (non-hydrogen) atoms. The van der Waals surface area contributed by atoms with Crippen LogP contribution in [-0.4, -0.2) is 34.4 Å². The number of carboxylic acids is 1. The summed E-state index contributed by atoms with van der Waals surface area (Å²) < 4.78 is 11.4. The Morgan fingerprint density at radius 3 is 3.12 bits per heavy atom. The van der Waals surface area contributed by atoms with E-state index < -0.39 is 5.97 Å². The van der Waals surface area contributed by atoms with Gasteiger partial charge in [-0.25, -0.2) is 9.78 Å². The van der Waals surface area contributed by atoms with E-state index >= 15 is 0 Å². The zero-order valence-corrected chi connectivity index (χ0v) is 8.58. The molecule has 0 bridgehead atoms. The number of rotatable bonds is 4. The number of hydrogen-bond acceptors (Lipinski definition) is 4. The van der Waals surface area contributed by atoms with E-state index in [1.807, 2.05) is 0 Å². The molecule has 0 unspecified atom stereocenters. The van der Waals surface area contributed by atoms with Crippen LogP contribution in [0.15, 0.2) is 24.5 Å². The standard InChI is InChI=1S/C10H10N2O4/c1-15-6-16-7-2-3-12-8(10(13)14)5-11-9(12)4-7/h2-5H,6H2,1H3,(H,13,14). The third-order valence-corrected chi connectivity index (χ3v) is 2.05. The molecule has 0 aliphatic carbocycles. The maximum atomic E-state index is 10.8. The van der Waals surface area contributed by atoms with E-state index in [0.29, 0.717) is 11.4 Å². The fourth-order valence-corrected chi connectivity index (χ4v) is 1.34. The second-order valence-corrected chi connectivity index (χ2v) is 3.09. The molecule has 0 radical (unpaired) electrons. The second kappa shape index (κ2) is 4.19. The largest absolute Gasteiger partial charge is 0.477 e. The molecule has 0 aliphatic rings. The summed E-state index contributed by atoms with van der Waals surface area (Å²) in [5.41, 5.74) is 0.638. The minimum atomic E-state index is -1.02. The van der Waals surface area contributed by atoms with E-state index in [2.05, 4.69) is 4.98 Å². The zero-order chi connectivity index (χ0) is 11.5. The highest BCUT2D eigenvalue weighted by molar-refractivity contribution is 5.86. The van der Waals surface area contributed by atoms with Crippen molar-refractivity contribution in [2.24, 2.45) is 0 Å². The molecule has 2 aromatic heterocycles. The maximum Gasteiger partial charge on any atom is 0.354 e. The van der Waals surface area contributed by atoms with Gasteiger partial charge >= 0.3 is 5.97 Å². The number of imidazole rings is 1. The van der Waals surface area contributed by atoms with E-state index in [1.54, 1.807) is 18.3 Å². The smallest absolute Gasteiger partial charge is 0.354 e. The predicted octanol–water partition coefficient (Wildman–Crippen LogP) is 1.02. The van der Waals surface area contributed by atoms with E-state index in [4.69, 9.17) is 14.6 Å². The Kier molecular flexibility index (Phi) is 2.74. The summed E-state index contributed by atoms with van der Waals surface area (Å²) in [5.74, 6) is -0.435. The lowest BCUT2D eigenvalue weighted by Gasteiger charge is -2.04. The zero-order valence-electron chi connectivity index (χ0n) is 8.58. The average molecular weight is 222 g/mol. The molecule has 2 aromatic rings. The third kappa shape index (κ3) is 1.82. The number of aromatic nitrogens is 2. The van der Waals surface area contributed by atoms with Crippen LogP contribution in [0.4, 0.5) is 0 Å². The van der Waals surface area contributed by atoms with Crippen LogP contribution in [-0.2, 0) is 4.74 Å². The van der Waals surface area contributed by atoms with Crippen molar-refractivity contribution in [3.8, 4) is 5.75 Å². The van der Waals surface area contributed by atoms with Crippen molar-refractivity contribution < 1.29 is 19.4 Å². The number of fused-ring (bicyclic) bond motifs is 1. The number of carboxylic acid groups (broad SMARTS) is 1. The van der Waals surface area contributed by atoms with Gasteiger partial charge in [0.2, 0.25) is 0 Å². The molecule has 0 amide bonds. The Morgan fingerprint density at radius 2 is 2.44 bits per heavy atom. The molecule has 6 heteroatoms. The van der Waals surface area contributed by atoms with Crippen LogP contribution < -0.4 is 4.74 Å². The van der Waals surface area contributed by atoms with Gasteiger partial charge in [-0.1, -0.05) is 0 Å². The molecule has 1 N–H and O–H groups in total. The molecule has 0 saturated heterocycles. The third-order valence-electron chi connectivity index (χ3n) is 2.05. The molecule has 2 rings (SSSR count). The minimum absolute atomic E-state index is 0.119. The highest BCUT2D eigenvalue weighted by Crippen LogP contribution is 2.15. The van der Waals surface area contributed by atoms with Gasteiger partial charge in [-0.2, -0.15) is 0 Å². The van der Waals surface area contributed by atoms with Gasteiger partial charge in [-0.3, -0.25) is 4.40 Å². The Labute approximate surface area is 91.0 Å². The Morgan fingerprint density at radius 1 is 1.62 bits per heavy atom. The minimum Gasteiger partial charge on any atom is -0.477 e. The molecular formula is C10H10N2O4. The molecule has 0 saturated carbocycles. The highest BCUT2D eigenvalue weighted by Gasteiger charge is 2.10. The summed E-state index contributed by atoms with van der Waals surface area (Å²) in [5, 5.41) is 8.87. The fourth-order valence-electron chi connectivity index (χ4n) is 1.34. The summed E-state index contributed by atoms with van der Waals surface area (Å²) >= 11 is 0. The van der Waals surface area contributed by atoms with Crippen LogP contribution in [0.25, 0.3) is 5.65 Å². The van der Waals surface area contributed by atoms with Crippen molar-refractivity contribution in [1.82, 2.24) is 9.38 Å². The number of ether oxygens (including phenoxy) is 2. The lowest BCUT2D eigenvalue weighted by molar-refractivity contribution is 0.0511. The molecule has 6 nitrogen and oxygen atoms in total. The van der Waals surface area contributed by atoms with Crippen molar-refractivity contribution in [3.63, 3.8) is 0 Å². The van der Waals surface area contributed by atoms with Crippen LogP contribution in [0.1, 0.15) is 10.5 Å². The van der Waals surface area contributed by atoms with Gasteiger partial charge in [-0.05, 0) is 6.07 Å². The van der Waals surface area contributed by atoms with Gasteiger partial charge in [0.05, 0.1) is 6.20 Å². The van der Waals surface area contributed by atoms with Gasteiger partial charge in [0, 0.05) is 19.4 Å². The first-order valence-corrected chi connectivity index (χ1v) is 4.54. The Bertz CT molecular complexity index is 521. The predicted molar refractivity (Wildman–Crippen MR) is 54.7 cm³/mol. The lowest BCUT2D eigenvalue weighted by Crippen LogP contribution is -2.02.